The minimum Gasteiger partial charge on any atom is -0.310 e. The van der Waals surface area contributed by atoms with Crippen LogP contribution in [0.15, 0.2) is 36.7 Å². The maximum Gasteiger partial charge on any atom is 0.390 e. The summed E-state index contributed by atoms with van der Waals surface area (Å²) in [6, 6.07) is 7.65. The fourth-order valence-electron chi connectivity index (χ4n) is 3.68. The van der Waals surface area contributed by atoms with Crippen molar-refractivity contribution in [3.63, 3.8) is 0 Å². The number of benzene rings is 1. The molecule has 1 unspecified atom stereocenters. The monoisotopic (exact) mass is 418 g/mol. The van der Waals surface area contributed by atoms with Crippen LogP contribution in [0.5, 0.6) is 0 Å². The molecule has 1 saturated heterocycles. The molecule has 1 atom stereocenters. The largest absolute Gasteiger partial charge is 0.390 e. The molecule has 2 aromatic heterocycles. The van der Waals surface area contributed by atoms with Crippen molar-refractivity contribution in [2.24, 2.45) is 13.0 Å². The number of pyridine rings is 1. The number of hydrogen-bond acceptors (Lipinski definition) is 5. The van der Waals surface area contributed by atoms with Crippen LogP contribution in [0.4, 0.5) is 19.0 Å². The minimum absolute atomic E-state index is 0.0762. The number of halogens is 3. The van der Waals surface area contributed by atoms with E-state index in [4.69, 9.17) is 0 Å². The number of likely N-dealkylation sites (tertiary alicyclic amines) is 1. The number of aryl methyl sites for hydroxylation is 1. The Morgan fingerprint density at radius 1 is 1.23 bits per heavy atom. The van der Waals surface area contributed by atoms with Gasteiger partial charge < -0.3 is 10.2 Å². The highest BCUT2D eigenvalue weighted by atomic mass is 19.4. The van der Waals surface area contributed by atoms with E-state index in [2.05, 4.69) is 20.6 Å². The second kappa shape index (κ2) is 8.02. The van der Waals surface area contributed by atoms with Gasteiger partial charge in [0.1, 0.15) is 5.82 Å². The topological polar surface area (TPSA) is 75.9 Å². The number of anilines is 1. The predicted molar refractivity (Wildman–Crippen MR) is 106 cm³/mol. The molecule has 10 heteroatoms. The van der Waals surface area contributed by atoms with Gasteiger partial charge >= 0.3 is 6.18 Å². The van der Waals surface area contributed by atoms with Gasteiger partial charge in [0.2, 0.25) is 5.91 Å². The summed E-state index contributed by atoms with van der Waals surface area (Å²) < 4.78 is 38.9. The molecule has 7 nitrogen and oxygen atoms in total. The molecule has 0 aliphatic carbocycles. The lowest BCUT2D eigenvalue weighted by atomic mass is 10.1. The zero-order valence-corrected chi connectivity index (χ0v) is 16.4. The highest BCUT2D eigenvalue weighted by Gasteiger charge is 2.32. The first-order valence-electron chi connectivity index (χ1n) is 9.63. The number of carbonyl (C=O) groups is 1. The Bertz CT molecular complexity index is 1060. The van der Waals surface area contributed by atoms with Crippen molar-refractivity contribution in [3.8, 4) is 11.3 Å². The summed E-state index contributed by atoms with van der Waals surface area (Å²) in [4.78, 5) is 18.5. The summed E-state index contributed by atoms with van der Waals surface area (Å²) in [6.07, 6.45) is -1.15. The van der Waals surface area contributed by atoms with Crippen molar-refractivity contribution in [1.29, 1.82) is 0 Å². The molecule has 3 heterocycles. The lowest BCUT2D eigenvalue weighted by Gasteiger charge is -2.17. The number of rotatable bonds is 5. The first-order valence-corrected chi connectivity index (χ1v) is 9.63. The lowest BCUT2D eigenvalue weighted by molar-refractivity contribution is -0.137. The summed E-state index contributed by atoms with van der Waals surface area (Å²) in [5.74, 6) is -0.146. The molecule has 1 aliphatic heterocycles. The van der Waals surface area contributed by atoms with Crippen LogP contribution < -0.4 is 5.32 Å². The quantitative estimate of drug-likeness (QED) is 0.689. The normalized spacial score (nSPS) is 17.5. The van der Waals surface area contributed by atoms with Gasteiger partial charge in [-0.1, -0.05) is 17.3 Å². The van der Waals surface area contributed by atoms with Crippen LogP contribution in [0.25, 0.3) is 22.0 Å². The van der Waals surface area contributed by atoms with E-state index in [1.807, 2.05) is 25.2 Å². The molecule has 0 radical (unpaired) electrons. The van der Waals surface area contributed by atoms with Gasteiger partial charge in [-0.3, -0.25) is 4.79 Å². The van der Waals surface area contributed by atoms with E-state index in [0.717, 1.165) is 22.0 Å². The Morgan fingerprint density at radius 3 is 2.80 bits per heavy atom. The number of aromatic nitrogens is 4. The Labute approximate surface area is 170 Å². The lowest BCUT2D eigenvalue weighted by Crippen LogP contribution is -2.29. The van der Waals surface area contributed by atoms with Crippen molar-refractivity contribution in [3.05, 3.63) is 36.7 Å². The first-order chi connectivity index (χ1) is 14.3. The third-order valence-electron chi connectivity index (χ3n) is 5.34. The van der Waals surface area contributed by atoms with Gasteiger partial charge in [-0.05, 0) is 30.5 Å². The van der Waals surface area contributed by atoms with Crippen LogP contribution >= 0.6 is 0 Å². The molecule has 1 aliphatic rings. The fourth-order valence-corrected chi connectivity index (χ4v) is 3.68. The van der Waals surface area contributed by atoms with E-state index < -0.39 is 12.6 Å². The number of hydrogen-bond donors (Lipinski definition) is 1. The molecule has 30 heavy (non-hydrogen) atoms. The number of carbonyl (C=O) groups excluding carboxylic acids is 1. The van der Waals surface area contributed by atoms with Gasteiger partial charge in [0, 0.05) is 37.3 Å². The van der Waals surface area contributed by atoms with E-state index in [-0.39, 0.29) is 18.4 Å². The summed E-state index contributed by atoms with van der Waals surface area (Å²) >= 11 is 0. The van der Waals surface area contributed by atoms with E-state index in [0.29, 0.717) is 25.3 Å². The molecule has 1 amide bonds. The standard InChI is InChI=1S/C20H21F3N6O/c1-28-17(11-25-27-28)13-2-3-14-10-24-18(9-16(14)8-13)26-19(30)15-4-6-29(12-15)7-5-20(21,22)23/h2-3,8-11,15H,4-7,12H2,1H3,(H,24,26,30). The van der Waals surface area contributed by atoms with Crippen LogP contribution in [0.3, 0.4) is 0 Å². The van der Waals surface area contributed by atoms with Gasteiger partial charge in [-0.15, -0.1) is 5.10 Å². The molecular weight excluding hydrogens is 397 g/mol. The Kier molecular flexibility index (Phi) is 5.42. The maximum absolute atomic E-state index is 12.6. The van der Waals surface area contributed by atoms with Crippen molar-refractivity contribution in [2.75, 3.05) is 25.0 Å². The van der Waals surface area contributed by atoms with Crippen LogP contribution in [-0.4, -0.2) is 56.6 Å². The molecule has 158 valence electrons. The molecule has 4 rings (SSSR count). The number of nitrogens with zero attached hydrogens (tertiary/aromatic N) is 5. The van der Waals surface area contributed by atoms with Crippen molar-refractivity contribution in [2.45, 2.75) is 19.0 Å². The Hall–Kier alpha value is -3.01. The van der Waals surface area contributed by atoms with Gasteiger partial charge in [-0.2, -0.15) is 13.2 Å². The number of fused-ring (bicyclic) bond motifs is 1. The summed E-state index contributed by atoms with van der Waals surface area (Å²) in [6.45, 7) is 0.738. The third kappa shape index (κ3) is 4.59. The van der Waals surface area contributed by atoms with Crippen LogP contribution in [0, 0.1) is 5.92 Å². The maximum atomic E-state index is 12.6. The van der Waals surface area contributed by atoms with E-state index in [1.165, 1.54) is 0 Å². The van der Waals surface area contributed by atoms with E-state index in [9.17, 15) is 18.0 Å². The molecule has 0 saturated carbocycles. The molecule has 1 N–H and O–H groups in total. The van der Waals surface area contributed by atoms with Crippen LogP contribution in [-0.2, 0) is 11.8 Å². The highest BCUT2D eigenvalue weighted by Crippen LogP contribution is 2.26. The number of nitrogens with one attached hydrogen (secondary N) is 1. The molecular formula is C20H21F3N6O. The zero-order chi connectivity index (χ0) is 21.3. The van der Waals surface area contributed by atoms with Gasteiger partial charge in [0.25, 0.3) is 0 Å². The average molecular weight is 418 g/mol. The molecule has 3 aromatic rings. The van der Waals surface area contributed by atoms with Crippen molar-refractivity contribution >= 4 is 22.5 Å². The van der Waals surface area contributed by atoms with Crippen molar-refractivity contribution in [1.82, 2.24) is 24.9 Å². The third-order valence-corrected chi connectivity index (χ3v) is 5.34. The molecule has 1 fully saturated rings. The van der Waals surface area contributed by atoms with Gasteiger partial charge in [0.15, 0.2) is 0 Å². The Balaban J connectivity index is 1.43. The fraction of sp³-hybridized carbons (Fsp3) is 0.400. The molecule has 1 aromatic carbocycles. The smallest absolute Gasteiger partial charge is 0.310 e. The van der Waals surface area contributed by atoms with E-state index >= 15 is 0 Å². The minimum atomic E-state index is -4.18. The summed E-state index contributed by atoms with van der Waals surface area (Å²) in [5, 5.41) is 12.5. The molecule has 0 spiro atoms. The van der Waals surface area contributed by atoms with E-state index in [1.54, 1.807) is 28.0 Å². The van der Waals surface area contributed by atoms with Gasteiger partial charge in [-0.25, -0.2) is 9.67 Å². The highest BCUT2D eigenvalue weighted by molar-refractivity contribution is 5.95. The summed E-state index contributed by atoms with van der Waals surface area (Å²) in [5.41, 5.74) is 1.80. The zero-order valence-electron chi connectivity index (χ0n) is 16.4. The SMILES string of the molecule is Cn1nncc1-c1ccc2cnc(NC(=O)C3CCN(CCC(F)(F)F)C3)cc2c1. The average Bonchev–Trinajstić information content (AvgIpc) is 3.34. The summed E-state index contributed by atoms with van der Waals surface area (Å²) in [7, 11) is 1.81. The predicted octanol–water partition coefficient (Wildman–Crippen LogP) is 3.24. The number of alkyl halides is 3. The number of amides is 1. The second-order valence-corrected chi connectivity index (χ2v) is 7.51. The van der Waals surface area contributed by atoms with Crippen molar-refractivity contribution < 1.29 is 18.0 Å². The molecule has 0 bridgehead atoms. The Morgan fingerprint density at radius 2 is 2.07 bits per heavy atom. The second-order valence-electron chi connectivity index (χ2n) is 7.51. The van der Waals surface area contributed by atoms with Gasteiger partial charge in [0.05, 0.1) is 24.2 Å². The first kappa shape index (κ1) is 20.3. The van der Waals surface area contributed by atoms with Crippen LogP contribution in [0.2, 0.25) is 0 Å². The van der Waals surface area contributed by atoms with Crippen LogP contribution in [0.1, 0.15) is 12.8 Å².